The highest BCUT2D eigenvalue weighted by atomic mass is 35.5. The number of rotatable bonds is 9. The predicted molar refractivity (Wildman–Crippen MR) is 151 cm³/mol. The van der Waals surface area contributed by atoms with Gasteiger partial charge in [0.25, 0.3) is 0 Å². The topological polar surface area (TPSA) is 108 Å². The number of ether oxygens (including phenoxy) is 2. The van der Waals surface area contributed by atoms with Gasteiger partial charge >= 0.3 is 12.1 Å². The Kier molecular flexibility index (Phi) is 7.57. The van der Waals surface area contributed by atoms with Gasteiger partial charge in [-0.25, -0.2) is 4.79 Å². The maximum atomic E-state index is 12.5. The number of carbonyl (C=O) groups is 1. The van der Waals surface area contributed by atoms with Gasteiger partial charge in [0.05, 0.1) is 37.4 Å². The standard InChI is InChI=1S/C29H27ClF3N7O3/c1-17-37-38-26-28(9-10-28)36-25(18-3-6-21(30)7-4-18)22-13-19(5-8-23(22)40(17)26)20-14-35-39(15-20)11-12-42-16-24(34-2)43-27(41)29(31,32)33/h3-8,13-15,24,34H,9-12,16H2,1-2H3. The summed E-state index contributed by atoms with van der Waals surface area (Å²) < 4.78 is 51.0. The third kappa shape index (κ3) is 5.79. The molecule has 14 heteroatoms. The molecule has 0 bridgehead atoms. The molecule has 1 saturated carbocycles. The number of fused-ring (bicyclic) bond motifs is 4. The minimum Gasteiger partial charge on any atom is -0.437 e. The van der Waals surface area contributed by atoms with Crippen LogP contribution in [0.1, 0.15) is 35.6 Å². The number of aromatic nitrogens is 5. The Morgan fingerprint density at radius 3 is 2.56 bits per heavy atom. The van der Waals surface area contributed by atoms with Gasteiger partial charge in [-0.1, -0.05) is 29.8 Å². The highest BCUT2D eigenvalue weighted by molar-refractivity contribution is 6.30. The molecule has 0 saturated heterocycles. The summed E-state index contributed by atoms with van der Waals surface area (Å²) in [4.78, 5) is 16.3. The molecular formula is C29H27ClF3N7O3. The fourth-order valence-electron chi connectivity index (χ4n) is 5.01. The monoisotopic (exact) mass is 613 g/mol. The quantitative estimate of drug-likeness (QED) is 0.167. The van der Waals surface area contributed by atoms with Crippen LogP contribution in [-0.4, -0.2) is 68.9 Å². The van der Waals surface area contributed by atoms with E-state index >= 15 is 0 Å². The Hall–Kier alpha value is -4.07. The maximum absolute atomic E-state index is 12.5. The molecule has 43 heavy (non-hydrogen) atoms. The number of hydrogen-bond acceptors (Lipinski definition) is 8. The van der Waals surface area contributed by atoms with Gasteiger partial charge in [0, 0.05) is 27.9 Å². The summed E-state index contributed by atoms with van der Waals surface area (Å²) in [7, 11) is 1.37. The number of hydrogen-bond donors (Lipinski definition) is 1. The molecule has 3 heterocycles. The van der Waals surface area contributed by atoms with Crippen molar-refractivity contribution in [1.29, 1.82) is 0 Å². The number of halogens is 4. The smallest absolute Gasteiger partial charge is 0.437 e. The van der Waals surface area contributed by atoms with Crippen LogP contribution < -0.4 is 5.32 Å². The number of nitrogens with one attached hydrogen (secondary N) is 1. The van der Waals surface area contributed by atoms with E-state index in [9.17, 15) is 18.0 Å². The molecule has 1 atom stereocenters. The van der Waals surface area contributed by atoms with Gasteiger partial charge in [-0.3, -0.25) is 19.6 Å². The molecular weight excluding hydrogens is 587 g/mol. The fourth-order valence-corrected chi connectivity index (χ4v) is 5.14. The summed E-state index contributed by atoms with van der Waals surface area (Å²) in [5, 5.41) is 16.4. The van der Waals surface area contributed by atoms with E-state index in [-0.39, 0.29) is 13.2 Å². The molecule has 1 fully saturated rings. The van der Waals surface area contributed by atoms with Crippen LogP contribution in [0.15, 0.2) is 59.9 Å². The molecule has 1 N–H and O–H groups in total. The van der Waals surface area contributed by atoms with Crippen LogP contribution in [-0.2, 0) is 26.4 Å². The van der Waals surface area contributed by atoms with E-state index in [2.05, 4.69) is 36.0 Å². The van der Waals surface area contributed by atoms with Gasteiger partial charge in [0.15, 0.2) is 12.1 Å². The van der Waals surface area contributed by atoms with Crippen molar-refractivity contribution in [2.24, 2.45) is 4.99 Å². The van der Waals surface area contributed by atoms with Crippen molar-refractivity contribution >= 4 is 23.3 Å². The minimum atomic E-state index is -5.08. The molecule has 4 aromatic rings. The van der Waals surface area contributed by atoms with Crippen LogP contribution in [0.3, 0.4) is 0 Å². The fraction of sp³-hybridized carbons (Fsp3) is 0.345. The van der Waals surface area contributed by atoms with Gasteiger partial charge in [0.2, 0.25) is 0 Å². The minimum absolute atomic E-state index is 0.137. The first-order chi connectivity index (χ1) is 20.6. The van der Waals surface area contributed by atoms with Gasteiger partial charge in [-0.15, -0.1) is 10.2 Å². The van der Waals surface area contributed by atoms with Crippen LogP contribution in [0.25, 0.3) is 16.8 Å². The van der Waals surface area contributed by atoms with Gasteiger partial charge in [-0.05, 0) is 56.6 Å². The summed E-state index contributed by atoms with van der Waals surface area (Å²) in [5.41, 5.74) is 5.01. The number of nitrogens with zero attached hydrogens (tertiary/aromatic N) is 6. The second-order valence-electron chi connectivity index (χ2n) is 10.4. The molecule has 1 spiro atoms. The molecule has 1 aliphatic heterocycles. The lowest BCUT2D eigenvalue weighted by Gasteiger charge is -2.18. The Morgan fingerprint density at radius 2 is 1.86 bits per heavy atom. The molecule has 6 rings (SSSR count). The van der Waals surface area contributed by atoms with Crippen molar-refractivity contribution < 1.29 is 27.4 Å². The SMILES string of the molecule is CNC(COCCn1cc(-c2ccc3c(c2)C(c2ccc(Cl)cc2)=NC2(CC2)c2nnc(C)n2-3)cn1)OC(=O)C(F)(F)F. The molecule has 1 aliphatic carbocycles. The Labute approximate surface area is 249 Å². The van der Waals surface area contributed by atoms with Crippen molar-refractivity contribution in [2.75, 3.05) is 20.3 Å². The second kappa shape index (κ2) is 11.2. The lowest BCUT2D eigenvalue weighted by molar-refractivity contribution is -0.208. The largest absolute Gasteiger partial charge is 0.490 e. The Bertz CT molecular complexity index is 1690. The van der Waals surface area contributed by atoms with Gasteiger partial charge in [-0.2, -0.15) is 18.3 Å². The predicted octanol–water partition coefficient (Wildman–Crippen LogP) is 4.60. The van der Waals surface area contributed by atoms with E-state index in [1.165, 1.54) is 7.05 Å². The van der Waals surface area contributed by atoms with E-state index in [1.54, 1.807) is 10.9 Å². The number of carbonyl (C=O) groups excluding carboxylic acids is 1. The molecule has 10 nitrogen and oxygen atoms in total. The van der Waals surface area contributed by atoms with Gasteiger partial charge < -0.3 is 9.47 Å². The number of aryl methyl sites for hydroxylation is 1. The van der Waals surface area contributed by atoms with Gasteiger partial charge in [0.1, 0.15) is 11.4 Å². The lowest BCUT2D eigenvalue weighted by atomic mass is 9.96. The van der Waals surface area contributed by atoms with E-state index in [1.807, 2.05) is 49.5 Å². The van der Waals surface area contributed by atoms with E-state index < -0.39 is 23.9 Å². The Balaban J connectivity index is 1.23. The number of aliphatic imine (C=N–C) groups is 1. The average Bonchev–Trinajstić information content (AvgIpc) is 3.46. The summed E-state index contributed by atoms with van der Waals surface area (Å²) >= 11 is 6.20. The molecule has 0 radical (unpaired) electrons. The van der Waals surface area contributed by atoms with Crippen LogP contribution in [0.2, 0.25) is 5.02 Å². The summed E-state index contributed by atoms with van der Waals surface area (Å²) in [6, 6.07) is 13.8. The molecule has 224 valence electrons. The summed E-state index contributed by atoms with van der Waals surface area (Å²) in [6.45, 7) is 2.15. The Morgan fingerprint density at radius 1 is 1.12 bits per heavy atom. The van der Waals surface area contributed by atoms with Crippen LogP contribution >= 0.6 is 11.6 Å². The van der Waals surface area contributed by atoms with E-state index in [4.69, 9.17) is 21.3 Å². The summed E-state index contributed by atoms with van der Waals surface area (Å²) in [5.74, 6) is -0.658. The average molecular weight is 614 g/mol. The normalized spacial score (nSPS) is 15.8. The van der Waals surface area contributed by atoms with Crippen molar-refractivity contribution in [3.63, 3.8) is 0 Å². The maximum Gasteiger partial charge on any atom is 0.490 e. The number of benzene rings is 2. The zero-order chi connectivity index (χ0) is 30.4. The van der Waals surface area contributed by atoms with Crippen molar-refractivity contribution in [3.05, 3.63) is 82.7 Å². The molecule has 1 unspecified atom stereocenters. The van der Waals surface area contributed by atoms with Crippen LogP contribution in [0.4, 0.5) is 13.2 Å². The summed E-state index contributed by atoms with van der Waals surface area (Å²) in [6.07, 6.45) is -0.943. The zero-order valence-electron chi connectivity index (χ0n) is 23.2. The first-order valence-corrected chi connectivity index (χ1v) is 13.9. The number of esters is 1. The van der Waals surface area contributed by atoms with Crippen molar-refractivity contribution in [2.45, 2.75) is 44.3 Å². The number of alkyl halides is 3. The second-order valence-corrected chi connectivity index (χ2v) is 10.8. The molecule has 2 aromatic heterocycles. The third-order valence-corrected chi connectivity index (χ3v) is 7.66. The number of likely N-dealkylation sites (N-methyl/N-ethyl adjacent to an activating group) is 1. The lowest BCUT2D eigenvalue weighted by Crippen LogP contribution is -2.39. The highest BCUT2D eigenvalue weighted by Crippen LogP contribution is 2.51. The molecule has 2 aromatic carbocycles. The first-order valence-electron chi connectivity index (χ1n) is 13.6. The third-order valence-electron chi connectivity index (χ3n) is 7.40. The first kappa shape index (κ1) is 29.0. The van der Waals surface area contributed by atoms with Crippen LogP contribution in [0.5, 0.6) is 0 Å². The van der Waals surface area contributed by atoms with E-state index in [0.717, 1.165) is 58.1 Å². The molecule has 0 amide bonds. The zero-order valence-corrected chi connectivity index (χ0v) is 24.0. The highest BCUT2D eigenvalue weighted by Gasteiger charge is 2.51. The van der Waals surface area contributed by atoms with E-state index in [0.29, 0.717) is 11.6 Å². The van der Waals surface area contributed by atoms with Crippen LogP contribution in [0, 0.1) is 6.92 Å². The van der Waals surface area contributed by atoms with Crippen molar-refractivity contribution in [3.8, 4) is 16.8 Å². The molecule has 2 aliphatic rings. The van der Waals surface area contributed by atoms with Crippen molar-refractivity contribution in [1.82, 2.24) is 29.9 Å².